The van der Waals surface area contributed by atoms with E-state index in [1.165, 1.54) is 18.4 Å². The highest BCUT2D eigenvalue weighted by Crippen LogP contribution is 2.19. The third-order valence-electron chi connectivity index (χ3n) is 3.18. The normalized spacial score (nSPS) is 20.3. The monoisotopic (exact) mass is 225 g/mol. The summed E-state index contributed by atoms with van der Waals surface area (Å²) in [5.41, 5.74) is 1.40. The fourth-order valence-corrected chi connectivity index (χ4v) is 2.72. The van der Waals surface area contributed by atoms with Crippen molar-refractivity contribution < 1.29 is 4.74 Å². The highest BCUT2D eigenvalue weighted by Gasteiger charge is 2.19. The van der Waals surface area contributed by atoms with E-state index in [1.807, 2.05) is 0 Å². The van der Waals surface area contributed by atoms with Crippen molar-refractivity contribution >= 4 is 11.3 Å². The van der Waals surface area contributed by atoms with Crippen LogP contribution in [0.5, 0.6) is 0 Å². The SMILES string of the molecule is CC(NCc1ccsc1)C1CCOCC1. The maximum Gasteiger partial charge on any atom is 0.0469 e. The summed E-state index contributed by atoms with van der Waals surface area (Å²) in [6.07, 6.45) is 2.41. The topological polar surface area (TPSA) is 21.3 Å². The maximum atomic E-state index is 5.37. The average molecular weight is 225 g/mol. The van der Waals surface area contributed by atoms with E-state index in [0.29, 0.717) is 6.04 Å². The molecule has 15 heavy (non-hydrogen) atoms. The van der Waals surface area contributed by atoms with Crippen molar-refractivity contribution in [2.75, 3.05) is 13.2 Å². The second-order valence-electron chi connectivity index (χ2n) is 4.25. The fourth-order valence-electron chi connectivity index (χ4n) is 2.05. The summed E-state index contributed by atoms with van der Waals surface area (Å²) in [5, 5.41) is 7.95. The smallest absolute Gasteiger partial charge is 0.0469 e. The molecule has 84 valence electrons. The average Bonchev–Trinajstić information content (AvgIpc) is 2.80. The van der Waals surface area contributed by atoms with Gasteiger partial charge in [0.2, 0.25) is 0 Å². The van der Waals surface area contributed by atoms with Gasteiger partial charge in [-0.05, 0) is 48.1 Å². The van der Waals surface area contributed by atoms with Crippen molar-refractivity contribution in [3.05, 3.63) is 22.4 Å². The Morgan fingerprint density at radius 2 is 2.33 bits per heavy atom. The summed E-state index contributed by atoms with van der Waals surface area (Å²) < 4.78 is 5.37. The number of hydrogen-bond donors (Lipinski definition) is 1. The lowest BCUT2D eigenvalue weighted by Crippen LogP contribution is -2.36. The molecule has 3 heteroatoms. The van der Waals surface area contributed by atoms with Crippen LogP contribution in [0.25, 0.3) is 0 Å². The Bertz CT molecular complexity index is 267. The van der Waals surface area contributed by atoms with Crippen molar-refractivity contribution in [3.63, 3.8) is 0 Å². The van der Waals surface area contributed by atoms with Crippen molar-refractivity contribution in [1.29, 1.82) is 0 Å². The zero-order valence-corrected chi connectivity index (χ0v) is 10.1. The molecule has 1 aliphatic rings. The Kier molecular flexibility index (Phi) is 4.18. The first kappa shape index (κ1) is 11.1. The van der Waals surface area contributed by atoms with E-state index < -0.39 is 0 Å². The molecule has 1 aromatic rings. The van der Waals surface area contributed by atoms with E-state index in [1.54, 1.807) is 11.3 Å². The molecular formula is C12H19NOS. The fraction of sp³-hybridized carbons (Fsp3) is 0.667. The van der Waals surface area contributed by atoms with Gasteiger partial charge in [0.05, 0.1) is 0 Å². The van der Waals surface area contributed by atoms with Crippen molar-refractivity contribution in [2.24, 2.45) is 5.92 Å². The van der Waals surface area contributed by atoms with E-state index in [9.17, 15) is 0 Å². The molecule has 1 aliphatic heterocycles. The predicted molar refractivity (Wildman–Crippen MR) is 64.2 cm³/mol. The first-order chi connectivity index (χ1) is 7.36. The van der Waals surface area contributed by atoms with E-state index in [4.69, 9.17) is 4.74 Å². The molecular weight excluding hydrogens is 206 g/mol. The highest BCUT2D eigenvalue weighted by molar-refractivity contribution is 7.07. The molecule has 0 saturated carbocycles. The molecule has 1 N–H and O–H groups in total. The first-order valence-corrected chi connectivity index (χ1v) is 6.63. The molecule has 1 aromatic heterocycles. The zero-order chi connectivity index (χ0) is 10.5. The Hall–Kier alpha value is -0.380. The Balaban J connectivity index is 1.74. The lowest BCUT2D eigenvalue weighted by Gasteiger charge is -2.28. The highest BCUT2D eigenvalue weighted by atomic mass is 32.1. The number of nitrogens with one attached hydrogen (secondary N) is 1. The van der Waals surface area contributed by atoms with E-state index in [2.05, 4.69) is 29.1 Å². The molecule has 1 fully saturated rings. The Morgan fingerprint density at radius 1 is 1.53 bits per heavy atom. The summed E-state index contributed by atoms with van der Waals surface area (Å²) in [6, 6.07) is 2.79. The number of hydrogen-bond acceptors (Lipinski definition) is 3. The summed E-state index contributed by atoms with van der Waals surface area (Å²) in [7, 11) is 0. The predicted octanol–water partition coefficient (Wildman–Crippen LogP) is 2.65. The molecule has 0 aliphatic carbocycles. The third-order valence-corrected chi connectivity index (χ3v) is 3.91. The van der Waals surface area contributed by atoms with Crippen molar-refractivity contribution in [3.8, 4) is 0 Å². The second-order valence-corrected chi connectivity index (χ2v) is 5.03. The molecule has 2 heterocycles. The lowest BCUT2D eigenvalue weighted by atomic mass is 9.93. The summed E-state index contributed by atoms with van der Waals surface area (Å²) in [5.74, 6) is 0.789. The van der Waals surface area contributed by atoms with Gasteiger partial charge in [-0.2, -0.15) is 11.3 Å². The van der Waals surface area contributed by atoms with Crippen molar-refractivity contribution in [2.45, 2.75) is 32.4 Å². The molecule has 0 radical (unpaired) electrons. The first-order valence-electron chi connectivity index (χ1n) is 5.68. The van der Waals surface area contributed by atoms with Crippen LogP contribution in [0.15, 0.2) is 16.8 Å². The van der Waals surface area contributed by atoms with E-state index >= 15 is 0 Å². The standard InChI is InChI=1S/C12H19NOS/c1-10(12-2-5-14-6-3-12)13-8-11-4-7-15-9-11/h4,7,9-10,12-13H,2-3,5-6,8H2,1H3. The van der Waals surface area contributed by atoms with Crippen LogP contribution < -0.4 is 5.32 Å². The minimum absolute atomic E-state index is 0.605. The van der Waals surface area contributed by atoms with Gasteiger partial charge in [0, 0.05) is 25.8 Å². The van der Waals surface area contributed by atoms with Crippen LogP contribution in [-0.4, -0.2) is 19.3 Å². The van der Waals surface area contributed by atoms with Gasteiger partial charge in [0.25, 0.3) is 0 Å². The molecule has 1 unspecified atom stereocenters. The van der Waals surface area contributed by atoms with Crippen LogP contribution in [0.3, 0.4) is 0 Å². The molecule has 0 bridgehead atoms. The van der Waals surface area contributed by atoms with E-state index in [-0.39, 0.29) is 0 Å². The lowest BCUT2D eigenvalue weighted by molar-refractivity contribution is 0.0558. The van der Waals surface area contributed by atoms with Crippen LogP contribution in [0.1, 0.15) is 25.3 Å². The number of ether oxygens (including phenoxy) is 1. The number of rotatable bonds is 4. The van der Waals surface area contributed by atoms with Crippen LogP contribution >= 0.6 is 11.3 Å². The van der Waals surface area contributed by atoms with Crippen LogP contribution in [0, 0.1) is 5.92 Å². The molecule has 1 atom stereocenters. The zero-order valence-electron chi connectivity index (χ0n) is 9.24. The largest absolute Gasteiger partial charge is 0.381 e. The van der Waals surface area contributed by atoms with Crippen LogP contribution in [-0.2, 0) is 11.3 Å². The molecule has 0 spiro atoms. The summed E-state index contributed by atoms with van der Waals surface area (Å²) >= 11 is 1.77. The Morgan fingerprint density at radius 3 is 3.00 bits per heavy atom. The molecule has 0 amide bonds. The second kappa shape index (κ2) is 5.64. The van der Waals surface area contributed by atoms with Crippen molar-refractivity contribution in [1.82, 2.24) is 5.32 Å². The molecule has 2 nitrogen and oxygen atoms in total. The van der Waals surface area contributed by atoms with Gasteiger partial charge in [0.15, 0.2) is 0 Å². The minimum Gasteiger partial charge on any atom is -0.381 e. The van der Waals surface area contributed by atoms with Crippen LogP contribution in [0.4, 0.5) is 0 Å². The summed E-state index contributed by atoms with van der Waals surface area (Å²) in [6.45, 7) is 5.18. The van der Waals surface area contributed by atoms with Gasteiger partial charge in [-0.15, -0.1) is 0 Å². The molecule has 2 rings (SSSR count). The third kappa shape index (κ3) is 3.30. The minimum atomic E-state index is 0.605. The maximum absolute atomic E-state index is 5.37. The van der Waals surface area contributed by atoms with Gasteiger partial charge in [0.1, 0.15) is 0 Å². The number of thiophene rings is 1. The molecule has 1 saturated heterocycles. The van der Waals surface area contributed by atoms with Gasteiger partial charge >= 0.3 is 0 Å². The Labute approximate surface area is 95.6 Å². The molecule has 0 aromatic carbocycles. The van der Waals surface area contributed by atoms with Gasteiger partial charge < -0.3 is 10.1 Å². The van der Waals surface area contributed by atoms with Crippen LogP contribution in [0.2, 0.25) is 0 Å². The van der Waals surface area contributed by atoms with E-state index in [0.717, 1.165) is 25.7 Å². The van der Waals surface area contributed by atoms with Gasteiger partial charge in [-0.3, -0.25) is 0 Å². The summed E-state index contributed by atoms with van der Waals surface area (Å²) in [4.78, 5) is 0. The van der Waals surface area contributed by atoms with Gasteiger partial charge in [-0.25, -0.2) is 0 Å². The quantitative estimate of drug-likeness (QED) is 0.850. The van der Waals surface area contributed by atoms with Gasteiger partial charge in [-0.1, -0.05) is 0 Å².